The van der Waals surface area contributed by atoms with Gasteiger partial charge in [-0.15, -0.1) is 0 Å². The molecule has 0 aromatic carbocycles. The summed E-state index contributed by atoms with van der Waals surface area (Å²) >= 11 is 0. The Morgan fingerprint density at radius 3 is 1.55 bits per heavy atom. The summed E-state index contributed by atoms with van der Waals surface area (Å²) in [4.78, 5) is 33.9. The molecule has 0 fully saturated rings. The number of aliphatic hydroxyl groups is 1. The largest absolute Gasteiger partial charge is 0.472 e. The Kier molecular flexibility index (Phi) is 39.7. The molecule has 0 bridgehead atoms. The van der Waals surface area contributed by atoms with Crippen LogP contribution in [0.25, 0.3) is 0 Å². The van der Waals surface area contributed by atoms with E-state index in [1.165, 1.54) is 32.1 Å². The van der Waals surface area contributed by atoms with Crippen molar-refractivity contribution in [2.24, 2.45) is 0 Å². The number of nitrogens with one attached hydrogen (secondary N) is 1. The number of phosphoric ester groups is 1. The van der Waals surface area contributed by atoms with Crippen LogP contribution < -0.4 is 5.32 Å². The molecule has 0 aromatic rings. The van der Waals surface area contributed by atoms with E-state index in [2.05, 4.69) is 104 Å². The van der Waals surface area contributed by atoms with Crippen LogP contribution >= 0.6 is 7.82 Å². The van der Waals surface area contributed by atoms with Gasteiger partial charge < -0.3 is 20.1 Å². The number of esters is 1. The fraction of sp³-hybridized carbons (Fsp3) is 0.652. The van der Waals surface area contributed by atoms with Gasteiger partial charge in [0, 0.05) is 19.4 Å². The maximum atomic E-state index is 12.1. The summed E-state index contributed by atoms with van der Waals surface area (Å²) in [5, 5.41) is 12.7. The lowest BCUT2D eigenvalue weighted by Crippen LogP contribution is -2.27. The number of carbonyl (C=O) groups is 2. The molecule has 3 N–H and O–H groups in total. The summed E-state index contributed by atoms with van der Waals surface area (Å²) in [6.45, 7) is 3.34. The molecule has 1 amide bonds. The van der Waals surface area contributed by atoms with Crippen molar-refractivity contribution in [3.63, 3.8) is 0 Å². The van der Waals surface area contributed by atoms with Gasteiger partial charge in [0.1, 0.15) is 12.7 Å². The van der Waals surface area contributed by atoms with Crippen LogP contribution in [0.1, 0.15) is 162 Å². The van der Waals surface area contributed by atoms with E-state index in [-0.39, 0.29) is 32.1 Å². The number of aliphatic hydroxyl groups excluding tert-OH is 1. The van der Waals surface area contributed by atoms with Crippen LogP contribution in [0, 0.1) is 0 Å². The van der Waals surface area contributed by atoms with Crippen LogP contribution in [0.2, 0.25) is 0 Å². The van der Waals surface area contributed by atoms with Crippen LogP contribution in [0.5, 0.6) is 0 Å². The Hall–Kier alpha value is -2.81. The second-order valence-corrected chi connectivity index (χ2v) is 15.4. The van der Waals surface area contributed by atoms with Crippen LogP contribution in [0.3, 0.4) is 0 Å². The van der Waals surface area contributed by atoms with Crippen molar-refractivity contribution < 1.29 is 37.9 Å². The highest BCUT2D eigenvalue weighted by molar-refractivity contribution is 7.47. The molecule has 0 aliphatic rings. The van der Waals surface area contributed by atoms with Crippen molar-refractivity contribution in [3.05, 3.63) is 85.1 Å². The molecule has 0 rings (SSSR count). The van der Waals surface area contributed by atoms with Crippen molar-refractivity contribution in [2.75, 3.05) is 26.4 Å². The third kappa shape index (κ3) is 42.3. The first kappa shape index (κ1) is 53.2. The fourth-order valence-corrected chi connectivity index (χ4v) is 6.07. The Bertz CT molecular complexity index is 1190. The lowest BCUT2D eigenvalue weighted by molar-refractivity contribution is -0.147. The zero-order chi connectivity index (χ0) is 41.1. The van der Waals surface area contributed by atoms with Gasteiger partial charge in [-0.3, -0.25) is 18.6 Å². The van der Waals surface area contributed by atoms with Gasteiger partial charge in [0.15, 0.2) is 0 Å². The number of hydrogen-bond donors (Lipinski definition) is 3. The molecule has 56 heavy (non-hydrogen) atoms. The first-order valence-electron chi connectivity index (χ1n) is 21.6. The Balaban J connectivity index is 3.70. The molecule has 0 radical (unpaired) electrons. The van der Waals surface area contributed by atoms with Gasteiger partial charge in [0.05, 0.1) is 13.2 Å². The topological polar surface area (TPSA) is 131 Å². The van der Waals surface area contributed by atoms with E-state index in [1.807, 2.05) is 0 Å². The molecule has 2 atom stereocenters. The number of rotatable bonds is 39. The predicted octanol–water partition coefficient (Wildman–Crippen LogP) is 12.0. The Morgan fingerprint density at radius 2 is 1.02 bits per heavy atom. The SMILES string of the molecule is CC/C=C\C/C=C\C/C=C\C/C=C\C/C=C\CCCCCC(=O)NCCOP(=O)(O)OCC(O)COC(=O)CCCCCCC/C=C\C/C=C\CCCCCC. The van der Waals surface area contributed by atoms with Gasteiger partial charge in [-0.1, -0.05) is 144 Å². The third-order valence-electron chi connectivity index (χ3n) is 8.56. The molecule has 10 heteroatoms. The lowest BCUT2D eigenvalue weighted by Gasteiger charge is -2.15. The minimum Gasteiger partial charge on any atom is -0.463 e. The van der Waals surface area contributed by atoms with E-state index in [0.29, 0.717) is 12.8 Å². The smallest absolute Gasteiger partial charge is 0.463 e. The average molecular weight is 804 g/mol. The first-order chi connectivity index (χ1) is 27.3. The standard InChI is InChI=1S/C46H78NO8P/c1-3-5-7-9-11-13-15-17-19-21-22-23-24-26-28-30-32-34-36-38-45(49)47-40-41-54-56(51,52)55-43-44(48)42-53-46(50)39-37-35-33-31-29-27-25-20-18-16-14-12-10-8-6-4-2/h5,7,11,13-14,16-17,19-20,22-23,25-26,28,44,48H,3-4,6,8-10,12,15,18,21,24,27,29-43H2,1-2H3,(H,47,49)(H,51,52)/b7-5-,13-11-,16-14-,19-17-,23-22-,25-20-,28-26-. The lowest BCUT2D eigenvalue weighted by atomic mass is 10.1. The molecule has 2 unspecified atom stereocenters. The van der Waals surface area contributed by atoms with Crippen LogP contribution in [0.4, 0.5) is 0 Å². The molecular weight excluding hydrogens is 725 g/mol. The molecule has 320 valence electrons. The summed E-state index contributed by atoms with van der Waals surface area (Å²) in [5.41, 5.74) is 0. The highest BCUT2D eigenvalue weighted by atomic mass is 31.2. The predicted molar refractivity (Wildman–Crippen MR) is 233 cm³/mol. The number of unbranched alkanes of at least 4 members (excludes halogenated alkanes) is 12. The van der Waals surface area contributed by atoms with Gasteiger partial charge in [0.2, 0.25) is 5.91 Å². The maximum Gasteiger partial charge on any atom is 0.472 e. The molecule has 0 aromatic heterocycles. The molecule has 0 saturated heterocycles. The highest BCUT2D eigenvalue weighted by Crippen LogP contribution is 2.42. The number of phosphoric acid groups is 1. The number of allylic oxidation sites excluding steroid dienone is 14. The van der Waals surface area contributed by atoms with E-state index in [9.17, 15) is 24.2 Å². The summed E-state index contributed by atoms with van der Waals surface area (Å²) < 4.78 is 26.8. The third-order valence-corrected chi connectivity index (χ3v) is 9.54. The van der Waals surface area contributed by atoms with Crippen molar-refractivity contribution >= 4 is 19.7 Å². The van der Waals surface area contributed by atoms with Gasteiger partial charge in [-0.05, 0) is 89.9 Å². The van der Waals surface area contributed by atoms with E-state index in [1.54, 1.807) is 0 Å². The van der Waals surface area contributed by atoms with Gasteiger partial charge in [-0.25, -0.2) is 4.57 Å². The minimum absolute atomic E-state index is 0.0567. The second kappa shape index (κ2) is 41.8. The van der Waals surface area contributed by atoms with E-state index in [4.69, 9.17) is 13.8 Å². The van der Waals surface area contributed by atoms with Crippen molar-refractivity contribution in [1.82, 2.24) is 5.32 Å². The zero-order valence-corrected chi connectivity index (χ0v) is 35.9. The van der Waals surface area contributed by atoms with Crippen molar-refractivity contribution in [3.8, 4) is 0 Å². The summed E-state index contributed by atoms with van der Waals surface area (Å²) in [5.74, 6) is -0.570. The van der Waals surface area contributed by atoms with E-state index >= 15 is 0 Å². The fourth-order valence-electron chi connectivity index (χ4n) is 5.32. The Labute approximate surface area is 341 Å². The van der Waals surface area contributed by atoms with E-state index in [0.717, 1.165) is 96.3 Å². The van der Waals surface area contributed by atoms with Crippen LogP contribution in [-0.4, -0.2) is 54.3 Å². The van der Waals surface area contributed by atoms with Crippen molar-refractivity contribution in [1.29, 1.82) is 0 Å². The first-order valence-corrected chi connectivity index (χ1v) is 23.1. The van der Waals surface area contributed by atoms with Crippen LogP contribution in [-0.2, 0) is 27.9 Å². The molecule has 0 aliphatic carbocycles. The monoisotopic (exact) mass is 804 g/mol. The number of ether oxygens (including phenoxy) is 1. The number of carbonyl (C=O) groups excluding carboxylic acids is 2. The second-order valence-electron chi connectivity index (χ2n) is 13.9. The molecule has 0 heterocycles. The zero-order valence-electron chi connectivity index (χ0n) is 35.0. The Morgan fingerprint density at radius 1 is 0.571 bits per heavy atom. The molecule has 0 aliphatic heterocycles. The number of amides is 1. The summed E-state index contributed by atoms with van der Waals surface area (Å²) in [6.07, 6.45) is 52.2. The summed E-state index contributed by atoms with van der Waals surface area (Å²) in [6, 6.07) is 0. The normalized spacial score (nSPS) is 14.1. The highest BCUT2D eigenvalue weighted by Gasteiger charge is 2.23. The van der Waals surface area contributed by atoms with Gasteiger partial charge in [-0.2, -0.15) is 0 Å². The number of hydrogen-bond acceptors (Lipinski definition) is 7. The molecular formula is C46H78NO8P. The average Bonchev–Trinajstić information content (AvgIpc) is 3.18. The quantitative estimate of drug-likeness (QED) is 0.0242. The molecule has 9 nitrogen and oxygen atoms in total. The van der Waals surface area contributed by atoms with Crippen molar-refractivity contribution in [2.45, 2.75) is 168 Å². The molecule has 0 saturated carbocycles. The maximum absolute atomic E-state index is 12.1. The van der Waals surface area contributed by atoms with Gasteiger partial charge >= 0.3 is 13.8 Å². The molecule has 0 spiro atoms. The minimum atomic E-state index is -4.44. The summed E-state index contributed by atoms with van der Waals surface area (Å²) in [7, 11) is -4.44. The van der Waals surface area contributed by atoms with E-state index < -0.39 is 26.5 Å². The van der Waals surface area contributed by atoms with Crippen LogP contribution in [0.15, 0.2) is 85.1 Å². The van der Waals surface area contributed by atoms with Gasteiger partial charge in [0.25, 0.3) is 0 Å².